The summed E-state index contributed by atoms with van der Waals surface area (Å²) >= 11 is 0. The second-order valence-electron chi connectivity index (χ2n) is 4.42. The van der Waals surface area contributed by atoms with Crippen LogP contribution in [0.5, 0.6) is 0 Å². The molecule has 1 aromatic rings. The first kappa shape index (κ1) is 11.0. The molecule has 1 aliphatic carbocycles. The minimum absolute atomic E-state index is 0.293. The van der Waals surface area contributed by atoms with Crippen LogP contribution in [0.25, 0.3) is 0 Å². The molecular weight excluding hydrogens is 206 g/mol. The zero-order chi connectivity index (χ0) is 11.7. The zero-order valence-electron chi connectivity index (χ0n) is 9.66. The van der Waals surface area contributed by atoms with E-state index in [1.54, 1.807) is 18.7 Å². The smallest absolute Gasteiger partial charge is 0.341 e. The molecule has 1 heterocycles. The summed E-state index contributed by atoms with van der Waals surface area (Å²) in [5.74, 6) is 0.399. The number of nitrogens with one attached hydrogen (secondary N) is 1. The fourth-order valence-corrected chi connectivity index (χ4v) is 2.05. The Morgan fingerprint density at radius 1 is 1.62 bits per heavy atom. The quantitative estimate of drug-likeness (QED) is 0.814. The highest BCUT2D eigenvalue weighted by Crippen LogP contribution is 2.27. The number of nitrogens with zero attached hydrogens (tertiary/aromatic N) is 2. The average Bonchev–Trinajstić information content (AvgIpc) is 2.38. The molecule has 0 amide bonds. The van der Waals surface area contributed by atoms with Crippen molar-refractivity contribution in [2.24, 2.45) is 13.0 Å². The van der Waals surface area contributed by atoms with Gasteiger partial charge in [0, 0.05) is 13.6 Å². The molecule has 0 aliphatic heterocycles. The Morgan fingerprint density at radius 3 is 2.81 bits per heavy atom. The van der Waals surface area contributed by atoms with Crippen molar-refractivity contribution in [3.8, 4) is 0 Å². The largest absolute Gasteiger partial charge is 0.477 e. The monoisotopic (exact) mass is 223 g/mol. The summed E-state index contributed by atoms with van der Waals surface area (Å²) in [5.41, 5.74) is 0.855. The summed E-state index contributed by atoms with van der Waals surface area (Å²) in [7, 11) is 1.77. The number of anilines is 1. The van der Waals surface area contributed by atoms with Crippen LogP contribution < -0.4 is 5.32 Å². The highest BCUT2D eigenvalue weighted by molar-refractivity contribution is 5.94. The maximum absolute atomic E-state index is 11.1. The van der Waals surface area contributed by atoms with Crippen molar-refractivity contribution in [3.63, 3.8) is 0 Å². The summed E-state index contributed by atoms with van der Waals surface area (Å²) in [5, 5.41) is 16.4. The van der Waals surface area contributed by atoms with E-state index in [1.165, 1.54) is 19.3 Å². The van der Waals surface area contributed by atoms with Crippen LogP contribution in [0.4, 0.5) is 5.82 Å². The van der Waals surface area contributed by atoms with Crippen LogP contribution in [0, 0.1) is 12.8 Å². The van der Waals surface area contributed by atoms with Crippen LogP contribution in [-0.4, -0.2) is 27.4 Å². The van der Waals surface area contributed by atoms with Gasteiger partial charge in [-0.3, -0.25) is 4.68 Å². The van der Waals surface area contributed by atoms with Crippen LogP contribution in [0.15, 0.2) is 0 Å². The van der Waals surface area contributed by atoms with E-state index in [0.29, 0.717) is 23.0 Å². The highest BCUT2D eigenvalue weighted by atomic mass is 16.4. The molecule has 0 saturated heterocycles. The number of carboxylic acids is 1. The fourth-order valence-electron chi connectivity index (χ4n) is 2.05. The molecule has 5 nitrogen and oxygen atoms in total. The van der Waals surface area contributed by atoms with E-state index in [2.05, 4.69) is 10.4 Å². The first-order valence-corrected chi connectivity index (χ1v) is 5.60. The lowest BCUT2D eigenvalue weighted by atomic mass is 9.85. The summed E-state index contributed by atoms with van der Waals surface area (Å²) in [6.45, 7) is 2.57. The molecule has 2 N–H and O–H groups in total. The predicted octanol–water partition coefficient (Wildman–Crippen LogP) is 1.64. The Labute approximate surface area is 94.5 Å². The lowest BCUT2D eigenvalue weighted by Gasteiger charge is -2.25. The molecule has 0 bridgehead atoms. The number of rotatable bonds is 4. The second-order valence-corrected chi connectivity index (χ2v) is 4.42. The Balaban J connectivity index is 2.14. The van der Waals surface area contributed by atoms with Crippen LogP contribution in [0.3, 0.4) is 0 Å². The van der Waals surface area contributed by atoms with Gasteiger partial charge in [0.05, 0.1) is 5.69 Å². The number of aromatic nitrogens is 2. The van der Waals surface area contributed by atoms with Gasteiger partial charge in [-0.25, -0.2) is 4.79 Å². The molecule has 88 valence electrons. The molecule has 0 spiro atoms. The van der Waals surface area contributed by atoms with Crippen molar-refractivity contribution in [2.75, 3.05) is 11.9 Å². The van der Waals surface area contributed by atoms with Gasteiger partial charge in [-0.2, -0.15) is 5.10 Å². The molecular formula is C11H17N3O2. The average molecular weight is 223 g/mol. The van der Waals surface area contributed by atoms with E-state index < -0.39 is 5.97 Å². The first-order valence-electron chi connectivity index (χ1n) is 5.60. The molecule has 2 rings (SSSR count). The Hall–Kier alpha value is -1.52. The number of carbonyl (C=O) groups is 1. The molecule has 0 unspecified atom stereocenters. The van der Waals surface area contributed by atoms with Crippen molar-refractivity contribution in [1.29, 1.82) is 0 Å². The molecule has 1 aromatic heterocycles. The summed E-state index contributed by atoms with van der Waals surface area (Å²) in [6.07, 6.45) is 3.78. The molecule has 0 radical (unpaired) electrons. The second kappa shape index (κ2) is 4.15. The molecule has 1 fully saturated rings. The van der Waals surface area contributed by atoms with Crippen molar-refractivity contribution in [1.82, 2.24) is 9.78 Å². The van der Waals surface area contributed by atoms with Crippen LogP contribution in [0.1, 0.15) is 35.3 Å². The van der Waals surface area contributed by atoms with Gasteiger partial charge in [-0.05, 0) is 25.7 Å². The van der Waals surface area contributed by atoms with Gasteiger partial charge >= 0.3 is 5.97 Å². The topological polar surface area (TPSA) is 67.2 Å². The van der Waals surface area contributed by atoms with Gasteiger partial charge < -0.3 is 10.4 Å². The van der Waals surface area contributed by atoms with E-state index in [4.69, 9.17) is 5.11 Å². The zero-order valence-corrected chi connectivity index (χ0v) is 9.66. The third-order valence-electron chi connectivity index (χ3n) is 3.22. The van der Waals surface area contributed by atoms with Crippen LogP contribution >= 0.6 is 0 Å². The molecule has 0 aromatic carbocycles. The molecule has 1 saturated carbocycles. The van der Waals surface area contributed by atoms with Crippen LogP contribution in [0.2, 0.25) is 0 Å². The highest BCUT2D eigenvalue weighted by Gasteiger charge is 2.22. The molecule has 16 heavy (non-hydrogen) atoms. The van der Waals surface area contributed by atoms with Gasteiger partial charge in [0.25, 0.3) is 0 Å². The van der Waals surface area contributed by atoms with Gasteiger partial charge in [0.2, 0.25) is 0 Å². The molecule has 0 atom stereocenters. The number of aromatic carboxylic acids is 1. The van der Waals surface area contributed by atoms with Gasteiger partial charge in [0.1, 0.15) is 11.4 Å². The molecule has 5 heteroatoms. The van der Waals surface area contributed by atoms with Crippen LogP contribution in [-0.2, 0) is 7.05 Å². The minimum Gasteiger partial charge on any atom is -0.477 e. The SMILES string of the molecule is Cc1nn(C)c(NCC2CCC2)c1C(=O)O. The normalized spacial score (nSPS) is 15.9. The van der Waals surface area contributed by atoms with Gasteiger partial charge in [-0.1, -0.05) is 6.42 Å². The third kappa shape index (κ3) is 1.89. The van der Waals surface area contributed by atoms with E-state index in [-0.39, 0.29) is 0 Å². The predicted molar refractivity (Wildman–Crippen MR) is 60.7 cm³/mol. The van der Waals surface area contributed by atoms with Crippen molar-refractivity contribution < 1.29 is 9.90 Å². The van der Waals surface area contributed by atoms with Crippen molar-refractivity contribution >= 4 is 11.8 Å². The van der Waals surface area contributed by atoms with Gasteiger partial charge in [0.15, 0.2) is 0 Å². The minimum atomic E-state index is -0.915. The fraction of sp³-hybridized carbons (Fsp3) is 0.636. The summed E-state index contributed by atoms with van der Waals surface area (Å²) in [4.78, 5) is 11.1. The lowest BCUT2D eigenvalue weighted by Crippen LogP contribution is -2.22. The van der Waals surface area contributed by atoms with E-state index in [9.17, 15) is 4.79 Å². The first-order chi connectivity index (χ1) is 7.59. The van der Waals surface area contributed by atoms with E-state index in [1.807, 2.05) is 0 Å². The van der Waals surface area contributed by atoms with E-state index in [0.717, 1.165) is 6.54 Å². The standard InChI is InChI=1S/C11H17N3O2/c1-7-9(11(15)16)10(14(2)13-7)12-6-8-4-3-5-8/h8,12H,3-6H2,1-2H3,(H,15,16). The number of carboxylic acid groups (broad SMARTS) is 1. The Morgan fingerprint density at radius 2 is 2.31 bits per heavy atom. The molecule has 1 aliphatic rings. The van der Waals surface area contributed by atoms with Gasteiger partial charge in [-0.15, -0.1) is 0 Å². The van der Waals surface area contributed by atoms with E-state index >= 15 is 0 Å². The van der Waals surface area contributed by atoms with Crippen molar-refractivity contribution in [3.05, 3.63) is 11.3 Å². The summed E-state index contributed by atoms with van der Waals surface area (Å²) in [6, 6.07) is 0. The maximum atomic E-state index is 11.1. The third-order valence-corrected chi connectivity index (χ3v) is 3.22. The maximum Gasteiger partial charge on any atom is 0.341 e. The number of hydrogen-bond acceptors (Lipinski definition) is 3. The Bertz CT molecular complexity index is 408. The summed E-state index contributed by atoms with van der Waals surface area (Å²) < 4.78 is 1.61. The number of hydrogen-bond donors (Lipinski definition) is 2. The number of aryl methyl sites for hydroxylation is 2. The van der Waals surface area contributed by atoms with Crippen molar-refractivity contribution in [2.45, 2.75) is 26.2 Å². The Kier molecular flexibility index (Phi) is 2.85. The lowest BCUT2D eigenvalue weighted by molar-refractivity contribution is 0.0697.